The highest BCUT2D eigenvalue weighted by Gasteiger charge is 2.46. The van der Waals surface area contributed by atoms with Gasteiger partial charge in [0.25, 0.3) is 0 Å². The molecule has 2 heterocycles. The number of carboxylic acids is 1. The van der Waals surface area contributed by atoms with Crippen LogP contribution >= 0.6 is 11.3 Å². The second-order valence-corrected chi connectivity index (χ2v) is 6.25. The lowest BCUT2D eigenvalue weighted by Crippen LogP contribution is -2.56. The Labute approximate surface area is 106 Å². The Morgan fingerprint density at radius 1 is 1.71 bits per heavy atom. The molecule has 1 aliphatic rings. The van der Waals surface area contributed by atoms with E-state index < -0.39 is 11.5 Å². The highest BCUT2D eigenvalue weighted by molar-refractivity contribution is 7.10. The lowest BCUT2D eigenvalue weighted by atomic mass is 9.81. The van der Waals surface area contributed by atoms with Crippen LogP contribution in [0.5, 0.6) is 0 Å². The summed E-state index contributed by atoms with van der Waals surface area (Å²) in [6.07, 6.45) is 1.56. The van der Waals surface area contributed by atoms with E-state index >= 15 is 0 Å². The van der Waals surface area contributed by atoms with E-state index in [4.69, 9.17) is 0 Å². The largest absolute Gasteiger partial charge is 0.480 e. The normalized spacial score (nSPS) is 28.1. The van der Waals surface area contributed by atoms with Gasteiger partial charge in [0.05, 0.1) is 0 Å². The lowest BCUT2D eigenvalue weighted by Gasteiger charge is -2.39. The van der Waals surface area contributed by atoms with Crippen molar-refractivity contribution in [3.63, 3.8) is 0 Å². The van der Waals surface area contributed by atoms with E-state index in [1.807, 2.05) is 5.38 Å². The average molecular weight is 253 g/mol. The zero-order valence-electron chi connectivity index (χ0n) is 10.5. The summed E-state index contributed by atoms with van der Waals surface area (Å²) in [4.78, 5) is 12.8. The van der Waals surface area contributed by atoms with Crippen LogP contribution in [0.25, 0.3) is 0 Å². The van der Waals surface area contributed by atoms with E-state index in [0.717, 1.165) is 11.3 Å². The summed E-state index contributed by atoms with van der Waals surface area (Å²) in [7, 11) is 0. The molecule has 4 heteroatoms. The predicted octanol–water partition coefficient (Wildman–Crippen LogP) is 2.61. The van der Waals surface area contributed by atoms with Gasteiger partial charge in [0.1, 0.15) is 0 Å². The van der Waals surface area contributed by atoms with Crippen molar-refractivity contribution >= 4 is 17.3 Å². The zero-order chi connectivity index (χ0) is 12.6. The van der Waals surface area contributed by atoms with E-state index in [1.54, 1.807) is 11.3 Å². The Balaban J connectivity index is 2.49. The van der Waals surface area contributed by atoms with E-state index in [-0.39, 0.29) is 6.04 Å². The Bertz CT molecular complexity index is 427. The molecule has 2 atom stereocenters. The molecule has 0 aromatic carbocycles. The van der Waals surface area contributed by atoms with Gasteiger partial charge in [0, 0.05) is 10.9 Å². The van der Waals surface area contributed by atoms with Crippen molar-refractivity contribution in [2.24, 2.45) is 5.92 Å². The van der Waals surface area contributed by atoms with Gasteiger partial charge in [-0.25, -0.2) is 4.79 Å². The van der Waals surface area contributed by atoms with Crippen LogP contribution in [0.4, 0.5) is 0 Å². The maximum Gasteiger partial charge on any atom is 0.329 e. The van der Waals surface area contributed by atoms with Crippen molar-refractivity contribution < 1.29 is 9.90 Å². The average Bonchev–Trinajstić information content (AvgIpc) is 2.64. The summed E-state index contributed by atoms with van der Waals surface area (Å²) in [5.74, 6) is -0.402. The fourth-order valence-corrected chi connectivity index (χ4v) is 3.85. The molecule has 0 saturated heterocycles. The van der Waals surface area contributed by atoms with Crippen LogP contribution in [0.3, 0.4) is 0 Å². The van der Waals surface area contributed by atoms with Crippen molar-refractivity contribution in [2.45, 2.75) is 45.2 Å². The molecule has 1 aromatic heterocycles. The molecule has 2 N–H and O–H groups in total. The first-order valence-electron chi connectivity index (χ1n) is 6.03. The number of hydrogen-bond donors (Lipinski definition) is 2. The number of hydrogen-bond acceptors (Lipinski definition) is 3. The smallest absolute Gasteiger partial charge is 0.329 e. The number of rotatable bonds is 3. The maximum atomic E-state index is 11.8. The third-order valence-corrected chi connectivity index (χ3v) is 4.35. The molecule has 17 heavy (non-hydrogen) atoms. The molecule has 0 radical (unpaired) electrons. The molecule has 1 aromatic rings. The Morgan fingerprint density at radius 2 is 2.41 bits per heavy atom. The molecule has 0 aliphatic carbocycles. The summed E-state index contributed by atoms with van der Waals surface area (Å²) < 4.78 is 0. The molecular formula is C13H19NO2S. The predicted molar refractivity (Wildman–Crippen MR) is 69.4 cm³/mol. The van der Waals surface area contributed by atoms with Gasteiger partial charge in [-0.3, -0.25) is 5.32 Å². The Morgan fingerprint density at radius 3 is 3.00 bits per heavy atom. The third kappa shape index (κ3) is 2.11. The molecule has 0 spiro atoms. The van der Waals surface area contributed by atoms with Crippen molar-refractivity contribution in [1.82, 2.24) is 5.32 Å². The molecule has 0 amide bonds. The zero-order valence-corrected chi connectivity index (χ0v) is 11.3. The van der Waals surface area contributed by atoms with E-state index in [2.05, 4.69) is 32.2 Å². The molecule has 3 nitrogen and oxygen atoms in total. The monoisotopic (exact) mass is 253 g/mol. The summed E-state index contributed by atoms with van der Waals surface area (Å²) in [6, 6.07) is 2.28. The Kier molecular flexibility index (Phi) is 3.27. The van der Waals surface area contributed by atoms with Crippen LogP contribution in [0.15, 0.2) is 11.4 Å². The van der Waals surface area contributed by atoms with E-state index in [0.29, 0.717) is 12.3 Å². The van der Waals surface area contributed by atoms with Crippen LogP contribution in [0.1, 0.15) is 37.6 Å². The second-order valence-electron chi connectivity index (χ2n) is 5.33. The molecule has 94 valence electrons. The molecule has 1 aliphatic heterocycles. The first kappa shape index (κ1) is 12.6. The minimum absolute atomic E-state index is 0.215. The summed E-state index contributed by atoms with van der Waals surface area (Å²) in [6.45, 7) is 6.19. The minimum Gasteiger partial charge on any atom is -0.480 e. The first-order chi connectivity index (χ1) is 7.95. The van der Waals surface area contributed by atoms with Crippen molar-refractivity contribution in [3.8, 4) is 0 Å². The summed E-state index contributed by atoms with van der Waals surface area (Å²) >= 11 is 1.56. The fourth-order valence-electron chi connectivity index (χ4n) is 2.75. The number of nitrogens with one attached hydrogen (secondary N) is 1. The van der Waals surface area contributed by atoms with E-state index in [1.165, 1.54) is 5.56 Å². The number of carbonyl (C=O) groups is 1. The van der Waals surface area contributed by atoms with E-state index in [9.17, 15) is 9.90 Å². The van der Waals surface area contributed by atoms with Crippen LogP contribution in [0, 0.1) is 5.92 Å². The standard InChI is InChI=1S/C13H19NO2S/c1-8(2)7-13(12(15)16)11-10(4-5-17-11)6-9(3)14-13/h4-5,8-9,14H,6-7H2,1-3H3,(H,15,16)/t9-,13+/m0/s1. The highest BCUT2D eigenvalue weighted by atomic mass is 32.1. The molecular weight excluding hydrogens is 234 g/mol. The van der Waals surface area contributed by atoms with Crippen molar-refractivity contribution in [3.05, 3.63) is 21.9 Å². The number of aliphatic carboxylic acids is 1. The van der Waals surface area contributed by atoms with Gasteiger partial charge in [0.2, 0.25) is 0 Å². The van der Waals surface area contributed by atoms with Gasteiger partial charge in [-0.05, 0) is 42.7 Å². The van der Waals surface area contributed by atoms with Crippen LogP contribution in [-0.2, 0) is 16.8 Å². The SMILES string of the molecule is CC(C)C[C@@]1(C(=O)O)N[C@@H](C)Cc2ccsc21. The van der Waals surface area contributed by atoms with Crippen molar-refractivity contribution in [2.75, 3.05) is 0 Å². The molecule has 0 saturated carbocycles. The van der Waals surface area contributed by atoms with Gasteiger partial charge >= 0.3 is 5.97 Å². The van der Waals surface area contributed by atoms with Crippen LogP contribution < -0.4 is 5.32 Å². The number of thiophene rings is 1. The van der Waals surface area contributed by atoms with Crippen LogP contribution in [0.2, 0.25) is 0 Å². The van der Waals surface area contributed by atoms with Crippen LogP contribution in [-0.4, -0.2) is 17.1 Å². The third-order valence-electron chi connectivity index (χ3n) is 3.23. The topological polar surface area (TPSA) is 49.3 Å². The van der Waals surface area contributed by atoms with Gasteiger partial charge in [-0.1, -0.05) is 13.8 Å². The molecule has 0 bridgehead atoms. The quantitative estimate of drug-likeness (QED) is 0.870. The second kappa shape index (κ2) is 4.42. The number of fused-ring (bicyclic) bond motifs is 1. The fraction of sp³-hybridized carbons (Fsp3) is 0.615. The molecule has 0 fully saturated rings. The maximum absolute atomic E-state index is 11.8. The number of carboxylic acid groups (broad SMARTS) is 1. The highest BCUT2D eigenvalue weighted by Crippen LogP contribution is 2.39. The molecule has 0 unspecified atom stereocenters. The summed E-state index contributed by atoms with van der Waals surface area (Å²) in [5.41, 5.74) is 0.319. The molecule has 2 rings (SSSR count). The lowest BCUT2D eigenvalue weighted by molar-refractivity contribution is -0.146. The van der Waals surface area contributed by atoms with Gasteiger partial charge in [-0.2, -0.15) is 0 Å². The van der Waals surface area contributed by atoms with Gasteiger partial charge < -0.3 is 5.11 Å². The van der Waals surface area contributed by atoms with Gasteiger partial charge in [0.15, 0.2) is 5.54 Å². The minimum atomic E-state index is -0.880. The Hall–Kier alpha value is -0.870. The summed E-state index contributed by atoms with van der Waals surface area (Å²) in [5, 5.41) is 15.0. The first-order valence-corrected chi connectivity index (χ1v) is 6.91. The van der Waals surface area contributed by atoms with Gasteiger partial charge in [-0.15, -0.1) is 11.3 Å². The van der Waals surface area contributed by atoms with Crippen molar-refractivity contribution in [1.29, 1.82) is 0 Å².